The Hall–Kier alpha value is 0.290. The molecule has 0 N–H and O–H groups in total. The first-order valence-electron chi connectivity index (χ1n) is 3.77. The van der Waals surface area contributed by atoms with Crippen LogP contribution < -0.4 is 12.4 Å². The molecule has 0 unspecified atom stereocenters. The van der Waals surface area contributed by atoms with Gasteiger partial charge < -0.3 is 12.4 Å². The van der Waals surface area contributed by atoms with Crippen LogP contribution in [-0.2, 0) is 0 Å². The van der Waals surface area contributed by atoms with Crippen LogP contribution in [0, 0.1) is 5.92 Å². The first-order chi connectivity index (χ1) is 3.77. The van der Waals surface area contributed by atoms with Gasteiger partial charge in [-0.1, -0.05) is 46.5 Å². The fourth-order valence-electron chi connectivity index (χ4n) is 0.803. The summed E-state index contributed by atoms with van der Waals surface area (Å²) in [6.07, 6.45) is 5.60. The average molecular weight is 150 g/mol. The minimum absolute atomic E-state index is 0. The van der Waals surface area contributed by atoms with Crippen LogP contribution in [0.5, 0.6) is 0 Å². The number of halogens is 1. The molecule has 0 fully saturated rings. The fraction of sp³-hybridized carbons (Fsp3) is 1.00. The molecule has 0 rings (SSSR count). The molecule has 0 aliphatic heterocycles. The molecular weight excluding hydrogens is 132 g/mol. The topological polar surface area (TPSA) is 0 Å². The van der Waals surface area contributed by atoms with Crippen molar-refractivity contribution in [1.82, 2.24) is 0 Å². The van der Waals surface area contributed by atoms with Crippen molar-refractivity contribution in [3.63, 3.8) is 0 Å². The van der Waals surface area contributed by atoms with E-state index in [1.807, 2.05) is 0 Å². The van der Waals surface area contributed by atoms with Crippen molar-refractivity contribution in [3.8, 4) is 0 Å². The maximum Gasteiger partial charge on any atom is -0.0471 e. The average Bonchev–Trinajstić information content (AvgIpc) is 1.66. The molecule has 0 saturated heterocycles. The largest absolute Gasteiger partial charge is 1.00 e. The van der Waals surface area contributed by atoms with Crippen LogP contribution in [0.4, 0.5) is 0 Å². The molecule has 0 aliphatic carbocycles. The highest BCUT2D eigenvalue weighted by Crippen LogP contribution is 2.06. The molecule has 0 aromatic rings. The highest BCUT2D eigenvalue weighted by molar-refractivity contribution is 4.44. The van der Waals surface area contributed by atoms with E-state index < -0.39 is 0 Å². The molecule has 9 heavy (non-hydrogen) atoms. The number of unbranched alkanes of at least 4 members (excludes halogenated alkanes) is 2. The van der Waals surface area contributed by atoms with Gasteiger partial charge in [0.25, 0.3) is 0 Å². The van der Waals surface area contributed by atoms with Gasteiger partial charge in [0.1, 0.15) is 0 Å². The molecule has 0 aromatic carbocycles. The van der Waals surface area contributed by atoms with Crippen LogP contribution in [-0.4, -0.2) is 0 Å². The van der Waals surface area contributed by atoms with E-state index in [0.29, 0.717) is 0 Å². The highest BCUT2D eigenvalue weighted by Gasteiger charge is 1.90. The lowest BCUT2D eigenvalue weighted by molar-refractivity contribution is -0.00000207. The summed E-state index contributed by atoms with van der Waals surface area (Å²) in [6, 6.07) is 0. The molecule has 58 valence electrons. The number of rotatable bonds is 4. The summed E-state index contributed by atoms with van der Waals surface area (Å²) in [5.74, 6) is 0.904. The molecule has 0 amide bonds. The fourth-order valence-corrected chi connectivity index (χ4v) is 0.803. The van der Waals surface area contributed by atoms with Crippen molar-refractivity contribution in [2.45, 2.75) is 46.5 Å². The maximum atomic E-state index is 2.29. The van der Waals surface area contributed by atoms with Gasteiger partial charge in [0.2, 0.25) is 0 Å². The first-order valence-corrected chi connectivity index (χ1v) is 3.77. The van der Waals surface area contributed by atoms with Crippen LogP contribution >= 0.6 is 0 Å². The maximum absolute atomic E-state index is 2.29. The second-order valence-electron chi connectivity index (χ2n) is 2.89. The molecule has 0 heterocycles. The summed E-state index contributed by atoms with van der Waals surface area (Å²) >= 11 is 0. The van der Waals surface area contributed by atoms with E-state index in [2.05, 4.69) is 20.8 Å². The SMILES string of the molecule is CCCCCC(C)C.[Cl-]. The van der Waals surface area contributed by atoms with Gasteiger partial charge in [0, 0.05) is 0 Å². The summed E-state index contributed by atoms with van der Waals surface area (Å²) in [4.78, 5) is 0. The zero-order chi connectivity index (χ0) is 6.41. The Morgan fingerprint density at radius 1 is 1.11 bits per heavy atom. The number of hydrogen-bond acceptors (Lipinski definition) is 0. The third kappa shape index (κ3) is 11.7. The van der Waals surface area contributed by atoms with Gasteiger partial charge in [0.15, 0.2) is 0 Å². The lowest BCUT2D eigenvalue weighted by atomic mass is 10.1. The van der Waals surface area contributed by atoms with Gasteiger partial charge in [0.05, 0.1) is 0 Å². The molecule has 0 aromatic heterocycles. The van der Waals surface area contributed by atoms with Crippen LogP contribution in [0.3, 0.4) is 0 Å². The van der Waals surface area contributed by atoms with E-state index in [-0.39, 0.29) is 12.4 Å². The standard InChI is InChI=1S/C8H18.ClH/c1-4-5-6-7-8(2)3;/h8H,4-7H2,1-3H3;1H/p-1. The molecule has 1 heteroatoms. The molecule has 0 saturated carbocycles. The summed E-state index contributed by atoms with van der Waals surface area (Å²) in [7, 11) is 0. The lowest BCUT2D eigenvalue weighted by Crippen LogP contribution is -3.00. The summed E-state index contributed by atoms with van der Waals surface area (Å²) < 4.78 is 0. The van der Waals surface area contributed by atoms with Crippen molar-refractivity contribution < 1.29 is 12.4 Å². The molecule has 0 radical (unpaired) electrons. The predicted molar refractivity (Wildman–Crippen MR) is 39.0 cm³/mol. The normalized spacial score (nSPS) is 9.33. The van der Waals surface area contributed by atoms with Gasteiger partial charge in [-0.05, 0) is 5.92 Å². The molecular formula is C8H18Cl-. The van der Waals surface area contributed by atoms with Gasteiger partial charge in [-0.25, -0.2) is 0 Å². The second kappa shape index (κ2) is 8.29. The smallest absolute Gasteiger partial charge is 0.0471 e. The van der Waals surface area contributed by atoms with E-state index in [0.717, 1.165) is 5.92 Å². The summed E-state index contributed by atoms with van der Waals surface area (Å²) in [5, 5.41) is 0. The zero-order valence-corrected chi connectivity index (χ0v) is 7.54. The Morgan fingerprint density at radius 3 is 2.00 bits per heavy atom. The van der Waals surface area contributed by atoms with E-state index in [4.69, 9.17) is 0 Å². The van der Waals surface area contributed by atoms with Crippen LogP contribution in [0.2, 0.25) is 0 Å². The summed E-state index contributed by atoms with van der Waals surface area (Å²) in [6.45, 7) is 6.83. The van der Waals surface area contributed by atoms with Crippen molar-refractivity contribution >= 4 is 0 Å². The van der Waals surface area contributed by atoms with E-state index in [1.54, 1.807) is 0 Å². The monoisotopic (exact) mass is 149 g/mol. The third-order valence-corrected chi connectivity index (χ3v) is 1.39. The second-order valence-corrected chi connectivity index (χ2v) is 2.89. The Balaban J connectivity index is 0. The molecule has 0 nitrogen and oxygen atoms in total. The molecule has 0 atom stereocenters. The van der Waals surface area contributed by atoms with Gasteiger partial charge >= 0.3 is 0 Å². The lowest BCUT2D eigenvalue weighted by Gasteiger charge is -2.00. The Morgan fingerprint density at radius 2 is 1.67 bits per heavy atom. The van der Waals surface area contributed by atoms with Crippen molar-refractivity contribution in [3.05, 3.63) is 0 Å². The van der Waals surface area contributed by atoms with Gasteiger partial charge in [-0.15, -0.1) is 0 Å². The van der Waals surface area contributed by atoms with Crippen LogP contribution in [0.25, 0.3) is 0 Å². The third-order valence-electron chi connectivity index (χ3n) is 1.39. The van der Waals surface area contributed by atoms with Crippen molar-refractivity contribution in [2.24, 2.45) is 5.92 Å². The quantitative estimate of drug-likeness (QED) is 0.502. The minimum Gasteiger partial charge on any atom is -1.00 e. The highest BCUT2D eigenvalue weighted by atomic mass is 35.5. The van der Waals surface area contributed by atoms with Gasteiger partial charge in [-0.2, -0.15) is 0 Å². The summed E-state index contributed by atoms with van der Waals surface area (Å²) in [5.41, 5.74) is 0. The predicted octanol–water partition coefficient (Wildman–Crippen LogP) is 0.227. The van der Waals surface area contributed by atoms with E-state index >= 15 is 0 Å². The van der Waals surface area contributed by atoms with Crippen molar-refractivity contribution in [2.75, 3.05) is 0 Å². The molecule has 0 aliphatic rings. The molecule has 0 spiro atoms. The Kier molecular flexibility index (Phi) is 11.1. The van der Waals surface area contributed by atoms with Crippen LogP contribution in [0.1, 0.15) is 46.5 Å². The number of hydrogen-bond donors (Lipinski definition) is 0. The first kappa shape index (κ1) is 12.0. The Bertz CT molecular complexity index is 41.8. The van der Waals surface area contributed by atoms with Crippen LogP contribution in [0.15, 0.2) is 0 Å². The molecule has 0 bridgehead atoms. The van der Waals surface area contributed by atoms with Crippen molar-refractivity contribution in [1.29, 1.82) is 0 Å². The van der Waals surface area contributed by atoms with E-state index in [9.17, 15) is 0 Å². The van der Waals surface area contributed by atoms with E-state index in [1.165, 1.54) is 25.7 Å². The Labute approximate surface area is 65.4 Å². The zero-order valence-electron chi connectivity index (χ0n) is 6.78. The minimum atomic E-state index is 0. The van der Waals surface area contributed by atoms with Gasteiger partial charge in [-0.3, -0.25) is 0 Å².